The number of aliphatic hydroxyl groups is 1. The van der Waals surface area contributed by atoms with Crippen molar-refractivity contribution >= 4 is 24.2 Å². The lowest BCUT2D eigenvalue weighted by molar-refractivity contribution is 0.0546. The predicted molar refractivity (Wildman–Crippen MR) is 141 cm³/mol. The topological polar surface area (TPSA) is 40.5 Å². The lowest BCUT2D eigenvalue weighted by Crippen LogP contribution is -2.40. The van der Waals surface area contributed by atoms with Crippen LogP contribution in [-0.4, -0.2) is 42.4 Å². The van der Waals surface area contributed by atoms with Gasteiger partial charge in [-0.3, -0.25) is 4.79 Å². The van der Waals surface area contributed by atoms with Gasteiger partial charge >= 0.3 is 0 Å². The van der Waals surface area contributed by atoms with Crippen molar-refractivity contribution in [3.63, 3.8) is 0 Å². The van der Waals surface area contributed by atoms with Gasteiger partial charge in [-0.15, -0.1) is 5.98 Å². The first-order valence-corrected chi connectivity index (χ1v) is 12.9. The molecule has 2 aromatic rings. The molecule has 0 bridgehead atoms. The largest absolute Gasteiger partial charge is 0.393 e. The molecule has 1 aliphatic carbocycles. The Kier molecular flexibility index (Phi) is 6.29. The van der Waals surface area contributed by atoms with Gasteiger partial charge in [-0.1, -0.05) is 49.7 Å². The van der Waals surface area contributed by atoms with Crippen LogP contribution in [0.2, 0.25) is 0 Å². The summed E-state index contributed by atoms with van der Waals surface area (Å²) < 4.78 is 0. The van der Waals surface area contributed by atoms with Crippen LogP contribution in [0, 0.1) is 6.92 Å². The molecule has 5 rings (SSSR count). The minimum atomic E-state index is -0.272. The number of rotatable bonds is 6. The standard InChI is InChI=1S/C30H35BNO2/c1-4-21-6-7-22(17-27(21)30(5-2)12-13-30)24-18-28(31-19-24)26-9-8-23(16-20(26)3)29(34)32-14-10-25(33)11-15-32/h6-9,16-19,25,33H,4-5,10-15H2,1-3H3. The van der Waals surface area contributed by atoms with E-state index in [1.807, 2.05) is 17.0 Å². The summed E-state index contributed by atoms with van der Waals surface area (Å²) >= 11 is 0. The van der Waals surface area contributed by atoms with Crippen molar-refractivity contribution in [1.29, 1.82) is 0 Å². The number of aliphatic hydroxyl groups excluding tert-OH is 1. The molecule has 2 aliphatic heterocycles. The van der Waals surface area contributed by atoms with Gasteiger partial charge in [0.1, 0.15) is 0 Å². The summed E-state index contributed by atoms with van der Waals surface area (Å²) in [5, 5.41) is 9.73. The van der Waals surface area contributed by atoms with Crippen LogP contribution in [0.15, 0.2) is 48.4 Å². The Hall–Kier alpha value is -2.59. The molecule has 1 saturated carbocycles. The molecule has 0 aromatic heterocycles. The van der Waals surface area contributed by atoms with Gasteiger partial charge in [0.25, 0.3) is 5.91 Å². The van der Waals surface area contributed by atoms with Gasteiger partial charge in [0, 0.05) is 18.7 Å². The maximum absolute atomic E-state index is 12.9. The Morgan fingerprint density at radius 1 is 1.12 bits per heavy atom. The van der Waals surface area contributed by atoms with Crippen molar-refractivity contribution in [3.05, 3.63) is 81.8 Å². The Morgan fingerprint density at radius 3 is 2.53 bits per heavy atom. The van der Waals surface area contributed by atoms with Crippen molar-refractivity contribution in [2.75, 3.05) is 13.1 Å². The number of aryl methyl sites for hydroxylation is 2. The number of amides is 1. The molecule has 0 spiro atoms. The summed E-state index contributed by atoms with van der Waals surface area (Å²) in [6, 6.07) is 13.1. The molecule has 2 aromatic carbocycles. The highest BCUT2D eigenvalue weighted by Crippen LogP contribution is 2.52. The number of likely N-dealkylation sites (tertiary alicyclic amines) is 1. The first-order valence-electron chi connectivity index (χ1n) is 12.9. The molecule has 2 heterocycles. The fraction of sp³-hybridized carbons (Fsp3) is 0.433. The molecule has 0 atom stereocenters. The van der Waals surface area contributed by atoms with Gasteiger partial charge in [-0.25, -0.2) is 0 Å². The molecule has 3 nitrogen and oxygen atoms in total. The summed E-state index contributed by atoms with van der Waals surface area (Å²) in [5.74, 6) is 2.29. The number of carbonyl (C=O) groups is 1. The molecule has 1 radical (unpaired) electrons. The summed E-state index contributed by atoms with van der Waals surface area (Å²) in [7, 11) is 2.20. The van der Waals surface area contributed by atoms with Crippen LogP contribution in [0.5, 0.6) is 0 Å². The Morgan fingerprint density at radius 2 is 1.88 bits per heavy atom. The molecule has 4 heteroatoms. The molecule has 1 N–H and O–H groups in total. The second-order valence-corrected chi connectivity index (χ2v) is 10.3. The molecule has 34 heavy (non-hydrogen) atoms. The van der Waals surface area contributed by atoms with Crippen LogP contribution >= 0.6 is 0 Å². The lowest BCUT2D eigenvalue weighted by atomic mass is 9.69. The fourth-order valence-electron chi connectivity index (χ4n) is 5.68. The SMILES string of the molecule is CCc1ccc(C2=C[B]C(c3ccc(C(=O)N4CCC(O)CC4)cc3C)=C2)cc1C1(CC)CC1. The number of piperidine rings is 1. The average Bonchev–Trinajstić information content (AvgIpc) is 3.52. The molecule has 3 aliphatic rings. The van der Waals surface area contributed by atoms with Crippen LogP contribution in [0.3, 0.4) is 0 Å². The summed E-state index contributed by atoms with van der Waals surface area (Å²) in [6.07, 6.45) is 8.28. The van der Waals surface area contributed by atoms with E-state index in [9.17, 15) is 9.90 Å². The molecular weight excluding hydrogens is 417 g/mol. The molecule has 1 amide bonds. The van der Waals surface area contributed by atoms with E-state index in [4.69, 9.17) is 0 Å². The van der Waals surface area contributed by atoms with Crippen molar-refractivity contribution in [1.82, 2.24) is 4.90 Å². The highest BCUT2D eigenvalue weighted by molar-refractivity contribution is 6.69. The zero-order valence-electron chi connectivity index (χ0n) is 20.7. The van der Waals surface area contributed by atoms with Gasteiger partial charge in [-0.2, -0.15) is 0 Å². The fourth-order valence-corrected chi connectivity index (χ4v) is 5.68. The third-order valence-corrected chi connectivity index (χ3v) is 8.22. The highest BCUT2D eigenvalue weighted by Gasteiger charge is 2.43. The van der Waals surface area contributed by atoms with E-state index in [1.165, 1.54) is 47.0 Å². The quantitative estimate of drug-likeness (QED) is 0.572. The first-order chi connectivity index (χ1) is 16.4. The maximum Gasteiger partial charge on any atom is 0.253 e. The van der Waals surface area contributed by atoms with Crippen molar-refractivity contribution < 1.29 is 9.90 Å². The van der Waals surface area contributed by atoms with Crippen molar-refractivity contribution in [2.24, 2.45) is 0 Å². The highest BCUT2D eigenvalue weighted by atomic mass is 16.3. The normalized spacial score (nSPS) is 19.5. The molecular formula is C30H35BNO2. The summed E-state index contributed by atoms with van der Waals surface area (Å²) in [4.78, 5) is 14.8. The van der Waals surface area contributed by atoms with Crippen LogP contribution in [0.4, 0.5) is 0 Å². The predicted octanol–water partition coefficient (Wildman–Crippen LogP) is 5.70. The third-order valence-electron chi connectivity index (χ3n) is 8.22. The van der Waals surface area contributed by atoms with E-state index in [2.05, 4.69) is 64.4 Å². The summed E-state index contributed by atoms with van der Waals surface area (Å²) in [5.41, 5.74) is 10.2. The number of hydrogen-bond donors (Lipinski definition) is 1. The number of nitrogens with zero attached hydrogens (tertiary/aromatic N) is 1. The molecule has 0 unspecified atom stereocenters. The zero-order chi connectivity index (χ0) is 23.9. The smallest absolute Gasteiger partial charge is 0.253 e. The minimum absolute atomic E-state index is 0.0678. The van der Waals surface area contributed by atoms with Gasteiger partial charge in [0.05, 0.1) is 6.10 Å². The number of hydrogen-bond acceptors (Lipinski definition) is 2. The van der Waals surface area contributed by atoms with Crippen molar-refractivity contribution in [3.8, 4) is 0 Å². The second kappa shape index (κ2) is 9.22. The lowest BCUT2D eigenvalue weighted by Gasteiger charge is -2.29. The van der Waals surface area contributed by atoms with Gasteiger partial charge in [-0.05, 0) is 96.4 Å². The molecule has 2 fully saturated rings. The second-order valence-electron chi connectivity index (χ2n) is 10.3. The van der Waals surface area contributed by atoms with E-state index >= 15 is 0 Å². The van der Waals surface area contributed by atoms with Gasteiger partial charge in [0.15, 0.2) is 7.28 Å². The third kappa shape index (κ3) is 4.29. The summed E-state index contributed by atoms with van der Waals surface area (Å²) in [6.45, 7) is 7.93. The van der Waals surface area contributed by atoms with Gasteiger partial charge < -0.3 is 10.0 Å². The minimum Gasteiger partial charge on any atom is -0.393 e. The van der Waals surface area contributed by atoms with E-state index in [0.717, 1.165) is 17.5 Å². The van der Waals surface area contributed by atoms with Crippen LogP contribution in [0.1, 0.15) is 84.1 Å². The average molecular weight is 452 g/mol. The van der Waals surface area contributed by atoms with Crippen molar-refractivity contribution in [2.45, 2.75) is 70.8 Å². The number of allylic oxidation sites excluding steroid dienone is 2. The van der Waals surface area contributed by atoms with Gasteiger partial charge in [0.2, 0.25) is 0 Å². The van der Waals surface area contributed by atoms with Crippen LogP contribution < -0.4 is 0 Å². The van der Waals surface area contributed by atoms with Crippen LogP contribution in [0.25, 0.3) is 11.0 Å². The van der Waals surface area contributed by atoms with E-state index in [0.29, 0.717) is 31.3 Å². The molecule has 175 valence electrons. The Labute approximate surface area is 204 Å². The Bertz CT molecular complexity index is 1170. The number of benzene rings is 2. The monoisotopic (exact) mass is 452 g/mol. The Balaban J connectivity index is 1.36. The maximum atomic E-state index is 12.9. The number of carbonyl (C=O) groups excluding carboxylic acids is 1. The zero-order valence-corrected chi connectivity index (χ0v) is 20.7. The van der Waals surface area contributed by atoms with E-state index in [-0.39, 0.29) is 12.0 Å². The molecule has 1 saturated heterocycles. The van der Waals surface area contributed by atoms with E-state index < -0.39 is 0 Å². The van der Waals surface area contributed by atoms with E-state index in [1.54, 1.807) is 5.56 Å². The van der Waals surface area contributed by atoms with Crippen LogP contribution in [-0.2, 0) is 11.8 Å². The first kappa shape index (κ1) is 23.2.